The minimum Gasteiger partial charge on any atom is -0.454 e. The zero-order valence-electron chi connectivity index (χ0n) is 13.8. The van der Waals surface area contributed by atoms with E-state index in [2.05, 4.69) is 5.32 Å². The maximum absolute atomic E-state index is 13.2. The summed E-state index contributed by atoms with van der Waals surface area (Å²) in [5.74, 6) is -0.0588. The van der Waals surface area contributed by atoms with Crippen LogP contribution in [0.5, 0.6) is 11.5 Å². The summed E-state index contributed by atoms with van der Waals surface area (Å²) in [5.41, 5.74) is 1.28. The zero-order valence-corrected chi connectivity index (χ0v) is 13.8. The van der Waals surface area contributed by atoms with E-state index in [0.29, 0.717) is 17.1 Å². The number of rotatable bonds is 5. The van der Waals surface area contributed by atoms with Crippen molar-refractivity contribution in [1.29, 1.82) is 0 Å². The molecule has 0 bridgehead atoms. The molecule has 1 N–H and O–H groups in total. The molecular formula is C18H15FN2O5. The van der Waals surface area contributed by atoms with Gasteiger partial charge >= 0.3 is 0 Å². The van der Waals surface area contributed by atoms with Gasteiger partial charge in [0, 0.05) is 12.6 Å². The first-order valence-electron chi connectivity index (χ1n) is 7.73. The third kappa shape index (κ3) is 3.80. The van der Waals surface area contributed by atoms with E-state index in [1.165, 1.54) is 30.4 Å². The highest BCUT2D eigenvalue weighted by molar-refractivity contribution is 5.92. The van der Waals surface area contributed by atoms with Crippen molar-refractivity contribution in [3.05, 3.63) is 69.0 Å². The third-order valence-electron chi connectivity index (χ3n) is 3.82. The number of nitro groups is 1. The van der Waals surface area contributed by atoms with E-state index in [1.54, 1.807) is 19.1 Å². The van der Waals surface area contributed by atoms with E-state index < -0.39 is 10.8 Å². The lowest BCUT2D eigenvalue weighted by Crippen LogP contribution is -2.20. The van der Waals surface area contributed by atoms with E-state index in [1.807, 2.05) is 0 Å². The highest BCUT2D eigenvalue weighted by Gasteiger charge is 2.22. The van der Waals surface area contributed by atoms with Crippen LogP contribution in [0.3, 0.4) is 0 Å². The Labute approximate surface area is 148 Å². The van der Waals surface area contributed by atoms with Gasteiger partial charge in [0.2, 0.25) is 12.7 Å². The fourth-order valence-electron chi connectivity index (χ4n) is 2.47. The average molecular weight is 358 g/mol. The van der Waals surface area contributed by atoms with Gasteiger partial charge in [0.05, 0.1) is 16.6 Å². The normalized spacial score (nSPS) is 12.4. The number of aryl methyl sites for hydroxylation is 1. The van der Waals surface area contributed by atoms with Crippen molar-refractivity contribution in [3.63, 3.8) is 0 Å². The summed E-state index contributed by atoms with van der Waals surface area (Å²) in [4.78, 5) is 22.6. The Balaban J connectivity index is 1.70. The molecule has 0 radical (unpaired) electrons. The summed E-state index contributed by atoms with van der Waals surface area (Å²) in [6.45, 7) is 1.85. The lowest BCUT2D eigenvalue weighted by Gasteiger charge is -2.05. The Hall–Kier alpha value is -3.42. The topological polar surface area (TPSA) is 90.7 Å². The number of nitro benzene ring substituents is 1. The summed E-state index contributed by atoms with van der Waals surface area (Å²) in [5, 5.41) is 13.8. The molecule has 1 aliphatic rings. The van der Waals surface area contributed by atoms with Crippen molar-refractivity contribution in [2.75, 3.05) is 6.79 Å². The van der Waals surface area contributed by atoms with E-state index in [9.17, 15) is 19.3 Å². The molecular weight excluding hydrogens is 343 g/mol. The molecule has 1 heterocycles. The molecule has 0 aliphatic carbocycles. The molecule has 1 amide bonds. The molecule has 0 spiro atoms. The van der Waals surface area contributed by atoms with Gasteiger partial charge in [-0.05, 0) is 36.3 Å². The van der Waals surface area contributed by atoms with Crippen molar-refractivity contribution in [1.82, 2.24) is 5.32 Å². The standard InChI is InChI=1S/C18H15FN2O5/c1-11-6-12(2-4-14(11)19)9-20-18(22)5-3-13-7-16-17(26-10-25-16)8-15(13)21(23)24/h2-8H,9-10H2,1H3,(H,20,22)/b5-3+. The monoisotopic (exact) mass is 358 g/mol. The van der Waals surface area contributed by atoms with Gasteiger partial charge in [-0.2, -0.15) is 0 Å². The van der Waals surface area contributed by atoms with Crippen LogP contribution in [0.15, 0.2) is 36.4 Å². The highest BCUT2D eigenvalue weighted by atomic mass is 19.1. The SMILES string of the molecule is Cc1cc(CNC(=O)/C=C/c2cc3c(cc2[N+](=O)[O-])OCO3)ccc1F. The second-order valence-electron chi connectivity index (χ2n) is 5.66. The van der Waals surface area contributed by atoms with Crippen LogP contribution in [0, 0.1) is 22.9 Å². The molecule has 8 heteroatoms. The summed E-state index contributed by atoms with van der Waals surface area (Å²) in [6.07, 6.45) is 2.53. The number of halogens is 1. The number of hydrogen-bond donors (Lipinski definition) is 1. The van der Waals surface area contributed by atoms with E-state index in [0.717, 1.165) is 5.56 Å². The molecule has 0 unspecified atom stereocenters. The first-order valence-corrected chi connectivity index (χ1v) is 7.73. The fourth-order valence-corrected chi connectivity index (χ4v) is 2.47. The molecule has 1 aliphatic heterocycles. The zero-order chi connectivity index (χ0) is 18.7. The summed E-state index contributed by atoms with van der Waals surface area (Å²) in [7, 11) is 0. The Kier molecular flexibility index (Phi) is 4.83. The minimum absolute atomic E-state index is 0.00275. The van der Waals surface area contributed by atoms with Crippen LogP contribution in [0.1, 0.15) is 16.7 Å². The second-order valence-corrected chi connectivity index (χ2v) is 5.66. The fraction of sp³-hybridized carbons (Fsp3) is 0.167. The number of hydrogen-bond acceptors (Lipinski definition) is 5. The van der Waals surface area contributed by atoms with E-state index >= 15 is 0 Å². The molecule has 0 saturated heterocycles. The number of nitrogens with zero attached hydrogens (tertiary/aromatic N) is 1. The summed E-state index contributed by atoms with van der Waals surface area (Å²) >= 11 is 0. The van der Waals surface area contributed by atoms with Crippen LogP contribution in [-0.2, 0) is 11.3 Å². The van der Waals surface area contributed by atoms with Gasteiger partial charge in [-0.15, -0.1) is 0 Å². The smallest absolute Gasteiger partial charge is 0.280 e. The molecule has 0 aromatic heterocycles. The van der Waals surface area contributed by atoms with Gasteiger partial charge < -0.3 is 14.8 Å². The lowest BCUT2D eigenvalue weighted by atomic mass is 10.1. The predicted octanol–water partition coefficient (Wildman–Crippen LogP) is 3.10. The van der Waals surface area contributed by atoms with Gasteiger partial charge in [0.1, 0.15) is 5.82 Å². The highest BCUT2D eigenvalue weighted by Crippen LogP contribution is 2.38. The third-order valence-corrected chi connectivity index (χ3v) is 3.82. The molecule has 7 nitrogen and oxygen atoms in total. The Morgan fingerprint density at radius 1 is 1.31 bits per heavy atom. The van der Waals surface area contributed by atoms with Crippen molar-refractivity contribution in [3.8, 4) is 11.5 Å². The summed E-state index contributed by atoms with van der Waals surface area (Å²) in [6, 6.07) is 7.27. The number of ether oxygens (including phenoxy) is 2. The van der Waals surface area contributed by atoms with Gasteiger partial charge in [-0.25, -0.2) is 4.39 Å². The quantitative estimate of drug-likeness (QED) is 0.504. The van der Waals surface area contributed by atoms with Crippen molar-refractivity contribution < 1.29 is 23.6 Å². The average Bonchev–Trinajstić information content (AvgIpc) is 3.07. The number of amides is 1. The minimum atomic E-state index is -0.555. The molecule has 0 saturated carbocycles. The number of carbonyl (C=O) groups excluding carboxylic acids is 1. The number of carbonyl (C=O) groups is 1. The van der Waals surface area contributed by atoms with Crippen LogP contribution in [0.4, 0.5) is 10.1 Å². The van der Waals surface area contributed by atoms with Crippen LogP contribution in [-0.4, -0.2) is 17.6 Å². The molecule has 3 rings (SSSR count). The number of fused-ring (bicyclic) bond motifs is 1. The maximum Gasteiger partial charge on any atom is 0.280 e. The molecule has 0 fully saturated rings. The molecule has 26 heavy (non-hydrogen) atoms. The van der Waals surface area contributed by atoms with Crippen LogP contribution < -0.4 is 14.8 Å². The number of nitrogens with one attached hydrogen (secondary N) is 1. The van der Waals surface area contributed by atoms with Gasteiger partial charge in [-0.3, -0.25) is 14.9 Å². The Bertz CT molecular complexity index is 911. The largest absolute Gasteiger partial charge is 0.454 e. The van der Waals surface area contributed by atoms with Crippen LogP contribution in [0.25, 0.3) is 6.08 Å². The Morgan fingerprint density at radius 3 is 2.73 bits per heavy atom. The van der Waals surface area contributed by atoms with Crippen LogP contribution >= 0.6 is 0 Å². The predicted molar refractivity (Wildman–Crippen MR) is 91.2 cm³/mol. The number of benzene rings is 2. The first kappa shape index (κ1) is 17.4. The summed E-state index contributed by atoms with van der Waals surface area (Å²) < 4.78 is 23.5. The van der Waals surface area contributed by atoms with Crippen molar-refractivity contribution in [2.24, 2.45) is 0 Å². The van der Waals surface area contributed by atoms with Crippen molar-refractivity contribution in [2.45, 2.75) is 13.5 Å². The van der Waals surface area contributed by atoms with Crippen molar-refractivity contribution >= 4 is 17.7 Å². The van der Waals surface area contributed by atoms with Crippen LogP contribution in [0.2, 0.25) is 0 Å². The second kappa shape index (κ2) is 7.22. The molecule has 134 valence electrons. The van der Waals surface area contributed by atoms with E-state index in [4.69, 9.17) is 9.47 Å². The lowest BCUT2D eigenvalue weighted by molar-refractivity contribution is -0.385. The maximum atomic E-state index is 13.2. The molecule has 0 atom stereocenters. The molecule has 2 aromatic rings. The Morgan fingerprint density at radius 2 is 2.04 bits per heavy atom. The van der Waals surface area contributed by atoms with Gasteiger partial charge in [0.25, 0.3) is 5.69 Å². The van der Waals surface area contributed by atoms with Gasteiger partial charge in [-0.1, -0.05) is 12.1 Å². The van der Waals surface area contributed by atoms with Gasteiger partial charge in [0.15, 0.2) is 11.5 Å². The first-order chi connectivity index (χ1) is 12.4. The molecule has 2 aromatic carbocycles. The van der Waals surface area contributed by atoms with E-state index in [-0.39, 0.29) is 30.4 Å².